The van der Waals surface area contributed by atoms with Gasteiger partial charge in [-0.05, 0) is 44.9 Å². The molecule has 1 aliphatic heterocycles. The topological polar surface area (TPSA) is 64.5 Å². The van der Waals surface area contributed by atoms with Crippen LogP contribution in [0.5, 0.6) is 0 Å². The highest BCUT2D eigenvalue weighted by atomic mass is 32.1. The maximum Gasteiger partial charge on any atom is 0.187 e. The Kier molecular flexibility index (Phi) is 4.44. The first-order valence-corrected chi connectivity index (χ1v) is 9.80. The van der Waals surface area contributed by atoms with Crippen LogP contribution in [-0.4, -0.2) is 26.3 Å². The first kappa shape index (κ1) is 18.3. The van der Waals surface area contributed by atoms with E-state index in [0.29, 0.717) is 11.5 Å². The number of aliphatic imine (C=N–C) groups is 1. The molecular formula is C21H19N5OS. The fraction of sp³-hybridized carbons (Fsp3) is 0.286. The van der Waals surface area contributed by atoms with Crippen molar-refractivity contribution in [3.63, 3.8) is 0 Å². The molecule has 0 aliphatic carbocycles. The molecule has 0 radical (unpaired) electrons. The summed E-state index contributed by atoms with van der Waals surface area (Å²) >= 11 is 1.68. The third kappa shape index (κ3) is 2.86. The van der Waals surface area contributed by atoms with Crippen LogP contribution in [0.1, 0.15) is 52.6 Å². The normalized spacial score (nSPS) is 15.2. The molecule has 0 N–H and O–H groups in total. The number of benzene rings is 1. The molecule has 0 spiro atoms. The minimum Gasteiger partial charge on any atom is -0.300 e. The number of ketones is 1. The van der Waals surface area contributed by atoms with Crippen LogP contribution in [-0.2, 0) is 4.79 Å². The van der Waals surface area contributed by atoms with E-state index in [1.165, 1.54) is 4.88 Å². The Labute approximate surface area is 167 Å². The van der Waals surface area contributed by atoms with E-state index in [0.717, 1.165) is 33.2 Å². The number of thiophene rings is 1. The van der Waals surface area contributed by atoms with Gasteiger partial charge in [0.15, 0.2) is 11.5 Å². The standard InChI is InChI=1S/C21H19N5OS/c1-11(27)9-17-20-25-24-14(4)26(20)21-18(12(2)13(3)28-21)19(23-17)15-7-6-8-16(10-15)22-5/h6-8,10,17H,9H2,1-4H3/t17-/m1/s1. The maximum absolute atomic E-state index is 12.0. The van der Waals surface area contributed by atoms with Gasteiger partial charge in [-0.1, -0.05) is 18.2 Å². The van der Waals surface area contributed by atoms with E-state index >= 15 is 0 Å². The van der Waals surface area contributed by atoms with Gasteiger partial charge in [-0.15, -0.1) is 21.5 Å². The summed E-state index contributed by atoms with van der Waals surface area (Å²) in [5.74, 6) is 1.51. The molecule has 0 fully saturated rings. The van der Waals surface area contributed by atoms with Crippen LogP contribution in [0.2, 0.25) is 0 Å². The number of Topliss-reactive ketones (excluding diaryl/α,β-unsaturated/α-hetero) is 1. The summed E-state index contributed by atoms with van der Waals surface area (Å²) in [7, 11) is 0. The van der Waals surface area contributed by atoms with E-state index in [-0.39, 0.29) is 12.2 Å². The fourth-order valence-electron chi connectivity index (χ4n) is 3.52. The molecule has 0 bridgehead atoms. The van der Waals surface area contributed by atoms with Gasteiger partial charge in [0.2, 0.25) is 0 Å². The Bertz CT molecular complexity index is 1180. The predicted octanol–water partition coefficient (Wildman–Crippen LogP) is 4.68. The molecule has 2 aromatic heterocycles. The molecule has 1 atom stereocenters. The monoisotopic (exact) mass is 389 g/mol. The van der Waals surface area contributed by atoms with Gasteiger partial charge in [-0.25, -0.2) is 4.85 Å². The van der Waals surface area contributed by atoms with E-state index in [4.69, 9.17) is 11.6 Å². The smallest absolute Gasteiger partial charge is 0.187 e. The molecule has 3 heterocycles. The van der Waals surface area contributed by atoms with Crippen LogP contribution in [0.15, 0.2) is 29.3 Å². The van der Waals surface area contributed by atoms with Crippen molar-refractivity contribution < 1.29 is 4.79 Å². The Balaban J connectivity index is 2.05. The lowest BCUT2D eigenvalue weighted by atomic mass is 9.99. The zero-order chi connectivity index (χ0) is 20.0. The van der Waals surface area contributed by atoms with Crippen molar-refractivity contribution in [3.8, 4) is 5.00 Å². The fourth-order valence-corrected chi connectivity index (χ4v) is 4.73. The quantitative estimate of drug-likeness (QED) is 0.611. The zero-order valence-electron chi connectivity index (χ0n) is 16.1. The predicted molar refractivity (Wildman–Crippen MR) is 110 cm³/mol. The molecule has 1 aliphatic rings. The van der Waals surface area contributed by atoms with Crippen LogP contribution in [0.4, 0.5) is 5.69 Å². The Morgan fingerprint density at radius 2 is 2.07 bits per heavy atom. The van der Waals surface area contributed by atoms with E-state index in [1.807, 2.05) is 29.7 Å². The minimum absolute atomic E-state index is 0.0494. The number of carbonyl (C=O) groups excluding carboxylic acids is 1. The number of fused-ring (bicyclic) bond motifs is 3. The molecule has 0 saturated carbocycles. The van der Waals surface area contributed by atoms with E-state index in [9.17, 15) is 4.79 Å². The van der Waals surface area contributed by atoms with Gasteiger partial charge < -0.3 is 0 Å². The highest BCUT2D eigenvalue weighted by molar-refractivity contribution is 7.15. The van der Waals surface area contributed by atoms with Gasteiger partial charge in [-0.2, -0.15) is 0 Å². The van der Waals surface area contributed by atoms with Gasteiger partial charge in [-0.3, -0.25) is 14.4 Å². The van der Waals surface area contributed by atoms with Crippen molar-refractivity contribution in [2.75, 3.05) is 0 Å². The summed E-state index contributed by atoms with van der Waals surface area (Å²) < 4.78 is 2.03. The molecule has 0 saturated heterocycles. The van der Waals surface area contributed by atoms with Crippen LogP contribution in [0.25, 0.3) is 9.85 Å². The highest BCUT2D eigenvalue weighted by Gasteiger charge is 2.31. The SMILES string of the molecule is [C-]#[N+]c1cccc(C2=N[C@H](CC(C)=O)c3nnc(C)n3-c3sc(C)c(C)c32)c1. The summed E-state index contributed by atoms with van der Waals surface area (Å²) in [6.45, 7) is 15.0. The summed E-state index contributed by atoms with van der Waals surface area (Å²) in [4.78, 5) is 21.7. The number of rotatable bonds is 3. The average Bonchev–Trinajstić information content (AvgIpc) is 3.14. The van der Waals surface area contributed by atoms with Gasteiger partial charge in [0.25, 0.3) is 0 Å². The molecule has 0 amide bonds. The zero-order valence-corrected chi connectivity index (χ0v) is 17.0. The molecule has 7 heteroatoms. The molecule has 140 valence electrons. The Morgan fingerprint density at radius 3 is 2.79 bits per heavy atom. The van der Waals surface area contributed by atoms with E-state index in [2.05, 4.69) is 28.9 Å². The Hall–Kier alpha value is -3.11. The molecule has 1 aromatic carbocycles. The number of aromatic nitrogens is 3. The first-order valence-electron chi connectivity index (χ1n) is 8.98. The van der Waals surface area contributed by atoms with Crippen molar-refractivity contribution in [2.45, 2.75) is 40.2 Å². The number of hydrogen-bond donors (Lipinski definition) is 0. The summed E-state index contributed by atoms with van der Waals surface area (Å²) in [5.41, 5.74) is 4.42. The van der Waals surface area contributed by atoms with Gasteiger partial charge >= 0.3 is 0 Å². The molecule has 4 rings (SSSR count). The van der Waals surface area contributed by atoms with Gasteiger partial charge in [0.1, 0.15) is 22.7 Å². The summed E-state index contributed by atoms with van der Waals surface area (Å²) in [6, 6.07) is 7.06. The van der Waals surface area contributed by atoms with Crippen molar-refractivity contribution in [2.24, 2.45) is 4.99 Å². The summed E-state index contributed by atoms with van der Waals surface area (Å²) in [6.07, 6.45) is 0.261. The van der Waals surface area contributed by atoms with Gasteiger partial charge in [0, 0.05) is 16.9 Å². The highest BCUT2D eigenvalue weighted by Crippen LogP contribution is 2.39. The van der Waals surface area contributed by atoms with Crippen molar-refractivity contribution in [1.82, 2.24) is 14.8 Å². The molecular weight excluding hydrogens is 370 g/mol. The Morgan fingerprint density at radius 1 is 1.29 bits per heavy atom. The van der Waals surface area contributed by atoms with Crippen molar-refractivity contribution in [3.05, 3.63) is 68.9 Å². The summed E-state index contributed by atoms with van der Waals surface area (Å²) in [5, 5.41) is 9.64. The number of carbonyl (C=O) groups is 1. The molecule has 28 heavy (non-hydrogen) atoms. The minimum atomic E-state index is -0.412. The lowest BCUT2D eigenvalue weighted by Crippen LogP contribution is -2.09. The van der Waals surface area contributed by atoms with E-state index < -0.39 is 6.04 Å². The second kappa shape index (κ2) is 6.80. The molecule has 0 unspecified atom stereocenters. The third-order valence-corrected chi connectivity index (χ3v) is 6.16. The largest absolute Gasteiger partial charge is 0.300 e. The molecule has 3 aromatic rings. The van der Waals surface area contributed by atoms with Crippen LogP contribution < -0.4 is 0 Å². The van der Waals surface area contributed by atoms with E-state index in [1.54, 1.807) is 24.3 Å². The van der Waals surface area contributed by atoms with Crippen LogP contribution in [0, 0.1) is 27.3 Å². The lowest BCUT2D eigenvalue weighted by molar-refractivity contribution is -0.117. The molecule has 6 nitrogen and oxygen atoms in total. The van der Waals surface area contributed by atoms with Crippen LogP contribution >= 0.6 is 11.3 Å². The third-order valence-electron chi connectivity index (χ3n) is 4.97. The average molecular weight is 389 g/mol. The van der Waals surface area contributed by atoms with Crippen LogP contribution in [0.3, 0.4) is 0 Å². The number of hydrogen-bond acceptors (Lipinski definition) is 5. The number of aryl methyl sites for hydroxylation is 2. The lowest BCUT2D eigenvalue weighted by Gasteiger charge is -2.11. The maximum atomic E-state index is 12.0. The number of nitrogens with zero attached hydrogens (tertiary/aromatic N) is 5. The first-order chi connectivity index (χ1) is 13.4. The van der Waals surface area contributed by atoms with Gasteiger partial charge in [0.05, 0.1) is 12.3 Å². The van der Waals surface area contributed by atoms with Crippen molar-refractivity contribution in [1.29, 1.82) is 0 Å². The van der Waals surface area contributed by atoms with Crippen molar-refractivity contribution >= 4 is 28.5 Å². The second-order valence-electron chi connectivity index (χ2n) is 6.97. The second-order valence-corrected chi connectivity index (χ2v) is 8.17.